The number of hydrogen-bond donors (Lipinski definition) is 1. The molecule has 0 bridgehead atoms. The predicted octanol–water partition coefficient (Wildman–Crippen LogP) is 4.75. The molecule has 0 aliphatic heterocycles. The van der Waals surface area contributed by atoms with Crippen molar-refractivity contribution < 1.29 is 19.4 Å². The SMILES string of the molecule is O=C(O)[C@H]1[C@H](Cn2nnc3ccccc3c2=O)CC[C@@H]1C(=O)c1ccc(OCCC2CCCCC2)cc1. The summed E-state index contributed by atoms with van der Waals surface area (Å²) in [4.78, 5) is 38.4. The molecule has 5 rings (SSSR count). The zero-order valence-corrected chi connectivity index (χ0v) is 20.9. The number of fused-ring (bicyclic) bond motifs is 1. The Morgan fingerprint density at radius 1 is 0.973 bits per heavy atom. The average Bonchev–Trinajstić information content (AvgIpc) is 3.35. The Kier molecular flexibility index (Phi) is 7.63. The van der Waals surface area contributed by atoms with E-state index in [1.54, 1.807) is 48.5 Å². The van der Waals surface area contributed by atoms with Crippen molar-refractivity contribution >= 4 is 22.7 Å². The van der Waals surface area contributed by atoms with Crippen LogP contribution < -0.4 is 10.3 Å². The van der Waals surface area contributed by atoms with E-state index in [1.165, 1.54) is 36.8 Å². The van der Waals surface area contributed by atoms with Gasteiger partial charge in [-0.25, -0.2) is 4.68 Å². The minimum absolute atomic E-state index is 0.116. The van der Waals surface area contributed by atoms with Crippen LogP contribution in [0.5, 0.6) is 5.75 Å². The first-order chi connectivity index (χ1) is 18.0. The van der Waals surface area contributed by atoms with Crippen molar-refractivity contribution in [3.05, 3.63) is 64.4 Å². The molecular weight excluding hydrogens is 470 g/mol. The Labute approximate surface area is 215 Å². The Balaban J connectivity index is 1.23. The highest BCUT2D eigenvalue weighted by Crippen LogP contribution is 2.40. The molecule has 1 N–H and O–H groups in total. The summed E-state index contributed by atoms with van der Waals surface area (Å²) in [5.41, 5.74) is 0.683. The van der Waals surface area contributed by atoms with Crippen molar-refractivity contribution in [2.24, 2.45) is 23.7 Å². The largest absolute Gasteiger partial charge is 0.494 e. The number of rotatable bonds is 9. The van der Waals surface area contributed by atoms with Gasteiger partial charge in [0, 0.05) is 11.5 Å². The molecule has 37 heavy (non-hydrogen) atoms. The van der Waals surface area contributed by atoms with E-state index >= 15 is 0 Å². The molecule has 194 valence electrons. The summed E-state index contributed by atoms with van der Waals surface area (Å²) in [6, 6.07) is 14.0. The summed E-state index contributed by atoms with van der Waals surface area (Å²) >= 11 is 0. The molecule has 3 atom stereocenters. The topological polar surface area (TPSA) is 111 Å². The number of aromatic nitrogens is 3. The third-order valence-corrected chi connectivity index (χ3v) is 8.11. The van der Waals surface area contributed by atoms with E-state index in [4.69, 9.17) is 4.74 Å². The van der Waals surface area contributed by atoms with Crippen LogP contribution in [-0.2, 0) is 11.3 Å². The minimum Gasteiger partial charge on any atom is -0.494 e. The van der Waals surface area contributed by atoms with E-state index < -0.39 is 17.8 Å². The van der Waals surface area contributed by atoms with Crippen LogP contribution in [0, 0.1) is 23.7 Å². The van der Waals surface area contributed by atoms with Gasteiger partial charge in [0.1, 0.15) is 11.3 Å². The van der Waals surface area contributed by atoms with Gasteiger partial charge in [0.25, 0.3) is 5.56 Å². The number of carboxylic acid groups (broad SMARTS) is 1. The quantitative estimate of drug-likeness (QED) is 0.419. The molecule has 2 fully saturated rings. The fourth-order valence-electron chi connectivity index (χ4n) is 6.07. The zero-order valence-electron chi connectivity index (χ0n) is 20.9. The first-order valence-electron chi connectivity index (χ1n) is 13.3. The average molecular weight is 504 g/mol. The Morgan fingerprint density at radius 2 is 1.73 bits per heavy atom. The molecule has 1 heterocycles. The zero-order chi connectivity index (χ0) is 25.8. The second-order valence-corrected chi connectivity index (χ2v) is 10.4. The monoisotopic (exact) mass is 503 g/mol. The fourth-order valence-corrected chi connectivity index (χ4v) is 6.07. The van der Waals surface area contributed by atoms with Crippen LogP contribution in [-0.4, -0.2) is 38.5 Å². The number of ketones is 1. The Bertz CT molecular complexity index is 1310. The van der Waals surface area contributed by atoms with Crippen LogP contribution >= 0.6 is 0 Å². The number of ether oxygens (including phenoxy) is 1. The minimum atomic E-state index is -1.02. The third-order valence-electron chi connectivity index (χ3n) is 8.11. The number of aliphatic carboxylic acids is 1. The van der Waals surface area contributed by atoms with E-state index in [1.807, 2.05) is 0 Å². The van der Waals surface area contributed by atoms with Gasteiger partial charge in [-0.1, -0.05) is 49.5 Å². The van der Waals surface area contributed by atoms with Crippen molar-refractivity contribution in [2.75, 3.05) is 6.61 Å². The molecule has 8 nitrogen and oxygen atoms in total. The summed E-state index contributed by atoms with van der Waals surface area (Å²) in [7, 11) is 0. The van der Waals surface area contributed by atoms with Crippen molar-refractivity contribution in [2.45, 2.75) is 57.9 Å². The van der Waals surface area contributed by atoms with Gasteiger partial charge in [-0.15, -0.1) is 5.10 Å². The molecule has 0 amide bonds. The molecule has 2 saturated carbocycles. The number of carboxylic acids is 1. The molecule has 2 aliphatic rings. The van der Waals surface area contributed by atoms with Crippen LogP contribution in [0.1, 0.15) is 61.7 Å². The summed E-state index contributed by atoms with van der Waals surface area (Å²) in [5.74, 6) is -1.66. The summed E-state index contributed by atoms with van der Waals surface area (Å²) < 4.78 is 7.13. The van der Waals surface area contributed by atoms with Crippen LogP contribution in [0.15, 0.2) is 53.3 Å². The van der Waals surface area contributed by atoms with Crippen molar-refractivity contribution in [1.82, 2.24) is 15.0 Å². The highest BCUT2D eigenvalue weighted by Gasteiger charge is 2.45. The number of Topliss-reactive ketones (excluding diaryl/α,β-unsaturated/α-hetero) is 1. The normalized spacial score (nSPS) is 22.2. The molecule has 0 unspecified atom stereocenters. The molecule has 0 saturated heterocycles. The van der Waals surface area contributed by atoms with Crippen LogP contribution in [0.2, 0.25) is 0 Å². The summed E-state index contributed by atoms with van der Waals surface area (Å²) in [6.45, 7) is 0.783. The maximum atomic E-state index is 13.3. The lowest BCUT2D eigenvalue weighted by molar-refractivity contribution is -0.144. The van der Waals surface area contributed by atoms with Gasteiger partial charge in [-0.3, -0.25) is 14.4 Å². The van der Waals surface area contributed by atoms with E-state index in [9.17, 15) is 19.5 Å². The number of nitrogens with zero attached hydrogens (tertiary/aromatic N) is 3. The standard InChI is InChI=1S/C29H33N3O5/c33-27(20-10-13-22(14-11-20)37-17-16-19-6-2-1-3-7-19)24-15-12-21(26(24)29(35)36)18-32-28(34)23-8-4-5-9-25(23)30-31-32/h4-5,8-11,13-14,19,21,24,26H,1-3,6-7,12,15-18H2,(H,35,36)/t21-,24-,26-/m0/s1. The third kappa shape index (κ3) is 5.58. The molecule has 2 aromatic carbocycles. The lowest BCUT2D eigenvalue weighted by Gasteiger charge is -2.21. The lowest BCUT2D eigenvalue weighted by Crippen LogP contribution is -2.34. The van der Waals surface area contributed by atoms with Crippen molar-refractivity contribution in [3.63, 3.8) is 0 Å². The van der Waals surface area contributed by atoms with Gasteiger partial charge < -0.3 is 9.84 Å². The van der Waals surface area contributed by atoms with Gasteiger partial charge in [0.05, 0.1) is 24.5 Å². The molecule has 3 aromatic rings. The maximum absolute atomic E-state index is 13.3. The molecule has 0 radical (unpaired) electrons. The van der Waals surface area contributed by atoms with Crippen molar-refractivity contribution in [3.8, 4) is 5.75 Å². The van der Waals surface area contributed by atoms with E-state index in [0.29, 0.717) is 35.9 Å². The van der Waals surface area contributed by atoms with E-state index in [2.05, 4.69) is 10.3 Å². The van der Waals surface area contributed by atoms with Crippen LogP contribution in [0.4, 0.5) is 0 Å². The number of carbonyl (C=O) groups is 2. The highest BCUT2D eigenvalue weighted by molar-refractivity contribution is 6.00. The van der Waals surface area contributed by atoms with Gasteiger partial charge in [-0.2, -0.15) is 0 Å². The predicted molar refractivity (Wildman–Crippen MR) is 139 cm³/mol. The lowest BCUT2D eigenvalue weighted by atomic mass is 9.84. The van der Waals surface area contributed by atoms with Gasteiger partial charge >= 0.3 is 5.97 Å². The smallest absolute Gasteiger partial charge is 0.307 e. The van der Waals surface area contributed by atoms with E-state index in [-0.39, 0.29) is 23.8 Å². The first-order valence-corrected chi connectivity index (χ1v) is 13.3. The van der Waals surface area contributed by atoms with Gasteiger partial charge in [0.2, 0.25) is 0 Å². The highest BCUT2D eigenvalue weighted by atomic mass is 16.5. The molecule has 8 heteroatoms. The summed E-state index contributed by atoms with van der Waals surface area (Å²) in [5, 5.41) is 18.6. The first kappa shape index (κ1) is 25.1. The Morgan fingerprint density at radius 3 is 2.49 bits per heavy atom. The van der Waals surface area contributed by atoms with Gasteiger partial charge in [-0.05, 0) is 67.5 Å². The molecule has 0 spiro atoms. The Hall–Kier alpha value is -3.55. The maximum Gasteiger partial charge on any atom is 0.307 e. The van der Waals surface area contributed by atoms with Crippen molar-refractivity contribution in [1.29, 1.82) is 0 Å². The molecular formula is C29H33N3O5. The number of hydrogen-bond acceptors (Lipinski definition) is 6. The molecule has 2 aliphatic carbocycles. The second-order valence-electron chi connectivity index (χ2n) is 10.4. The summed E-state index contributed by atoms with van der Waals surface area (Å²) in [6.07, 6.45) is 8.56. The van der Waals surface area contributed by atoms with Crippen LogP contribution in [0.3, 0.4) is 0 Å². The van der Waals surface area contributed by atoms with E-state index in [0.717, 1.165) is 18.1 Å². The van der Waals surface area contributed by atoms with Crippen LogP contribution in [0.25, 0.3) is 10.9 Å². The number of carbonyl (C=O) groups excluding carboxylic acids is 1. The van der Waals surface area contributed by atoms with Gasteiger partial charge in [0.15, 0.2) is 5.78 Å². The number of benzene rings is 2. The molecule has 1 aromatic heterocycles. The second kappa shape index (κ2) is 11.2. The fraction of sp³-hybridized carbons (Fsp3) is 0.483.